The van der Waals surface area contributed by atoms with Gasteiger partial charge < -0.3 is 15.2 Å². The van der Waals surface area contributed by atoms with E-state index in [9.17, 15) is 22.8 Å². The summed E-state index contributed by atoms with van der Waals surface area (Å²) in [6.07, 6.45) is -3.69. The highest BCUT2D eigenvalue weighted by atomic mass is 19.4. The number of carboxylic acids is 1. The van der Waals surface area contributed by atoms with Crippen molar-refractivity contribution in [2.75, 3.05) is 0 Å². The van der Waals surface area contributed by atoms with E-state index in [0.29, 0.717) is 24.8 Å². The van der Waals surface area contributed by atoms with Crippen LogP contribution in [0.25, 0.3) is 0 Å². The van der Waals surface area contributed by atoms with E-state index in [1.165, 1.54) is 18.2 Å². The maximum atomic E-state index is 12.5. The van der Waals surface area contributed by atoms with Crippen LogP contribution in [0, 0.1) is 5.92 Å². The quantitative estimate of drug-likeness (QED) is 0.726. The van der Waals surface area contributed by atoms with Crippen LogP contribution in [0.2, 0.25) is 0 Å². The van der Waals surface area contributed by atoms with E-state index >= 15 is 0 Å². The Bertz CT molecular complexity index is 671. The standard InChI is InChI=1S/C18H22F3NO4/c1-3-17(4-2,10-15(23)24)22-16(25)13-9-12(13)11-7-5-6-8-14(11)26-18(19,20)21/h5-8,12-13H,3-4,9-10H2,1-2H3,(H,22,25)(H,23,24). The zero-order valence-corrected chi connectivity index (χ0v) is 14.6. The lowest BCUT2D eigenvalue weighted by molar-refractivity contribution is -0.274. The first-order valence-corrected chi connectivity index (χ1v) is 8.49. The molecule has 0 spiro atoms. The number of halogens is 3. The van der Waals surface area contributed by atoms with Crippen LogP contribution in [0.1, 0.15) is 51.0 Å². The fraction of sp³-hybridized carbons (Fsp3) is 0.556. The van der Waals surface area contributed by atoms with E-state index in [1.54, 1.807) is 19.9 Å². The Kier molecular flexibility index (Phi) is 5.83. The van der Waals surface area contributed by atoms with E-state index in [-0.39, 0.29) is 24.0 Å². The molecule has 5 nitrogen and oxygen atoms in total. The molecule has 1 aliphatic carbocycles. The first-order chi connectivity index (χ1) is 12.1. The Labute approximate surface area is 149 Å². The van der Waals surface area contributed by atoms with Gasteiger partial charge in [0.05, 0.1) is 6.42 Å². The van der Waals surface area contributed by atoms with Crippen molar-refractivity contribution >= 4 is 11.9 Å². The number of hydrogen-bond donors (Lipinski definition) is 2. The molecule has 26 heavy (non-hydrogen) atoms. The molecule has 2 N–H and O–H groups in total. The predicted molar refractivity (Wildman–Crippen MR) is 87.7 cm³/mol. The number of hydrogen-bond acceptors (Lipinski definition) is 3. The minimum atomic E-state index is -4.80. The van der Waals surface area contributed by atoms with Crippen LogP contribution in [0.3, 0.4) is 0 Å². The summed E-state index contributed by atoms with van der Waals surface area (Å²) in [5.41, 5.74) is -0.514. The normalized spacial score (nSPS) is 19.7. The van der Waals surface area contributed by atoms with Gasteiger partial charge in [-0.1, -0.05) is 32.0 Å². The second-order valence-corrected chi connectivity index (χ2v) is 6.58. The van der Waals surface area contributed by atoms with Gasteiger partial charge in [-0.3, -0.25) is 9.59 Å². The number of carbonyl (C=O) groups excluding carboxylic acids is 1. The fourth-order valence-corrected chi connectivity index (χ4v) is 3.20. The molecule has 2 unspecified atom stereocenters. The number of para-hydroxylation sites is 1. The smallest absolute Gasteiger partial charge is 0.481 e. The second-order valence-electron chi connectivity index (χ2n) is 6.58. The second kappa shape index (κ2) is 7.55. The van der Waals surface area contributed by atoms with Crippen LogP contribution in [0.4, 0.5) is 13.2 Å². The van der Waals surface area contributed by atoms with Crippen molar-refractivity contribution < 1.29 is 32.6 Å². The lowest BCUT2D eigenvalue weighted by Crippen LogP contribution is -2.49. The molecule has 1 aliphatic rings. The highest BCUT2D eigenvalue weighted by Gasteiger charge is 2.48. The number of rotatable bonds is 8. The van der Waals surface area contributed by atoms with Gasteiger partial charge in [-0.2, -0.15) is 0 Å². The Balaban J connectivity index is 2.10. The molecule has 0 radical (unpaired) electrons. The monoisotopic (exact) mass is 373 g/mol. The molecule has 1 aromatic carbocycles. The molecule has 0 bridgehead atoms. The Morgan fingerprint density at radius 2 is 1.85 bits per heavy atom. The van der Waals surface area contributed by atoms with Gasteiger partial charge in [0, 0.05) is 11.5 Å². The molecule has 0 heterocycles. The summed E-state index contributed by atoms with van der Waals surface area (Å²) in [6.45, 7) is 3.59. The van der Waals surface area contributed by atoms with Gasteiger partial charge in [0.1, 0.15) is 5.75 Å². The number of alkyl halides is 3. The van der Waals surface area contributed by atoms with Crippen molar-refractivity contribution in [2.45, 2.75) is 57.3 Å². The topological polar surface area (TPSA) is 75.6 Å². The third-order valence-electron chi connectivity index (χ3n) is 4.90. The SMILES string of the molecule is CCC(CC)(CC(=O)O)NC(=O)C1CC1c1ccccc1OC(F)(F)F. The fourth-order valence-electron chi connectivity index (χ4n) is 3.20. The van der Waals surface area contributed by atoms with Crippen LogP contribution < -0.4 is 10.1 Å². The highest BCUT2D eigenvalue weighted by Crippen LogP contribution is 2.51. The molecule has 1 aromatic rings. The van der Waals surface area contributed by atoms with Gasteiger partial charge >= 0.3 is 12.3 Å². The van der Waals surface area contributed by atoms with Crippen LogP contribution in [0.15, 0.2) is 24.3 Å². The average molecular weight is 373 g/mol. The van der Waals surface area contributed by atoms with E-state index in [4.69, 9.17) is 5.11 Å². The molecule has 0 aromatic heterocycles. The van der Waals surface area contributed by atoms with E-state index < -0.39 is 23.8 Å². The minimum Gasteiger partial charge on any atom is -0.481 e. The number of benzene rings is 1. The minimum absolute atomic E-state index is 0.198. The van der Waals surface area contributed by atoms with E-state index in [2.05, 4.69) is 10.1 Å². The number of amides is 1. The number of carboxylic acid groups (broad SMARTS) is 1. The van der Waals surface area contributed by atoms with Crippen molar-refractivity contribution in [1.82, 2.24) is 5.32 Å². The Morgan fingerprint density at radius 1 is 1.23 bits per heavy atom. The van der Waals surface area contributed by atoms with Crippen molar-refractivity contribution in [3.8, 4) is 5.75 Å². The van der Waals surface area contributed by atoms with Crippen molar-refractivity contribution in [2.24, 2.45) is 5.92 Å². The number of aliphatic carboxylic acids is 1. The Morgan fingerprint density at radius 3 is 2.38 bits per heavy atom. The van der Waals surface area contributed by atoms with Crippen molar-refractivity contribution in [1.29, 1.82) is 0 Å². The summed E-state index contributed by atoms with van der Waals surface area (Å²) < 4.78 is 41.7. The summed E-state index contributed by atoms with van der Waals surface area (Å²) in [5.74, 6) is -2.50. The molecule has 0 saturated heterocycles. The summed E-state index contributed by atoms with van der Waals surface area (Å²) in [4.78, 5) is 23.6. The average Bonchev–Trinajstić information content (AvgIpc) is 3.33. The lowest BCUT2D eigenvalue weighted by atomic mass is 9.88. The van der Waals surface area contributed by atoms with Crippen molar-refractivity contribution in [3.63, 3.8) is 0 Å². The maximum Gasteiger partial charge on any atom is 0.573 e. The zero-order chi connectivity index (χ0) is 19.5. The molecule has 1 amide bonds. The zero-order valence-electron chi connectivity index (χ0n) is 14.6. The Hall–Kier alpha value is -2.25. The summed E-state index contributed by atoms with van der Waals surface area (Å²) >= 11 is 0. The molecule has 1 saturated carbocycles. The van der Waals surface area contributed by atoms with Gasteiger partial charge in [0.2, 0.25) is 5.91 Å². The molecule has 1 fully saturated rings. The number of nitrogens with one attached hydrogen (secondary N) is 1. The van der Waals surface area contributed by atoms with Gasteiger partial charge in [-0.05, 0) is 36.8 Å². The maximum absolute atomic E-state index is 12.5. The third-order valence-corrected chi connectivity index (χ3v) is 4.90. The highest BCUT2D eigenvalue weighted by molar-refractivity contribution is 5.84. The van der Waals surface area contributed by atoms with E-state index in [0.717, 1.165) is 0 Å². The van der Waals surface area contributed by atoms with Gasteiger partial charge in [0.15, 0.2) is 0 Å². The first-order valence-electron chi connectivity index (χ1n) is 8.49. The molecule has 2 atom stereocenters. The van der Waals surface area contributed by atoms with Gasteiger partial charge in [0.25, 0.3) is 0 Å². The summed E-state index contributed by atoms with van der Waals surface area (Å²) in [5, 5.41) is 11.9. The summed E-state index contributed by atoms with van der Waals surface area (Å²) in [7, 11) is 0. The van der Waals surface area contributed by atoms with Crippen LogP contribution >= 0.6 is 0 Å². The molecule has 0 aliphatic heterocycles. The molecule has 144 valence electrons. The molecular weight excluding hydrogens is 351 g/mol. The van der Waals surface area contributed by atoms with Crippen molar-refractivity contribution in [3.05, 3.63) is 29.8 Å². The molecule has 8 heteroatoms. The van der Waals surface area contributed by atoms with E-state index in [1.807, 2.05) is 0 Å². The van der Waals surface area contributed by atoms with Gasteiger partial charge in [-0.25, -0.2) is 0 Å². The summed E-state index contributed by atoms with van der Waals surface area (Å²) in [6, 6.07) is 5.78. The van der Waals surface area contributed by atoms with Crippen LogP contribution in [-0.2, 0) is 9.59 Å². The third kappa shape index (κ3) is 4.89. The van der Waals surface area contributed by atoms with Crippen LogP contribution in [-0.4, -0.2) is 28.9 Å². The molecule has 2 rings (SSSR count). The number of ether oxygens (including phenoxy) is 1. The first kappa shape index (κ1) is 20.1. The van der Waals surface area contributed by atoms with Gasteiger partial charge in [-0.15, -0.1) is 13.2 Å². The number of carbonyl (C=O) groups is 2. The van der Waals surface area contributed by atoms with Crippen LogP contribution in [0.5, 0.6) is 5.75 Å². The predicted octanol–water partition coefficient (Wildman–Crippen LogP) is 3.84. The largest absolute Gasteiger partial charge is 0.573 e. The molecular formula is C18H22F3NO4. The lowest BCUT2D eigenvalue weighted by Gasteiger charge is -2.31.